The van der Waals surface area contributed by atoms with Gasteiger partial charge in [0.25, 0.3) is 5.56 Å². The average molecular weight is 321 g/mol. The summed E-state index contributed by atoms with van der Waals surface area (Å²) in [5.41, 5.74) is 2.30. The first-order valence-corrected chi connectivity index (χ1v) is 7.97. The number of nitrogens with one attached hydrogen (secondary N) is 1. The fourth-order valence-electron chi connectivity index (χ4n) is 2.64. The smallest absolute Gasteiger partial charge is 0.281 e. The third-order valence-electron chi connectivity index (χ3n) is 3.89. The summed E-state index contributed by atoms with van der Waals surface area (Å²) in [6.07, 6.45) is 3.58. The molecule has 0 saturated heterocycles. The Kier molecular flexibility index (Phi) is 4.70. The SMILES string of the molecule is Cc1nc2ccccn2c(=O)c1NC(=O)CCCc1ccccc1. The Hall–Kier alpha value is -2.95. The third-order valence-corrected chi connectivity index (χ3v) is 3.89. The number of benzene rings is 1. The van der Waals surface area contributed by atoms with Gasteiger partial charge in [0, 0.05) is 12.6 Å². The Bertz CT molecular complexity index is 917. The molecule has 0 aliphatic rings. The number of hydrogen-bond acceptors (Lipinski definition) is 3. The summed E-state index contributed by atoms with van der Waals surface area (Å²) >= 11 is 0. The van der Waals surface area contributed by atoms with Gasteiger partial charge in [-0.25, -0.2) is 4.98 Å². The first-order chi connectivity index (χ1) is 11.6. The molecular weight excluding hydrogens is 302 g/mol. The summed E-state index contributed by atoms with van der Waals surface area (Å²) in [7, 11) is 0. The number of aromatic nitrogens is 2. The zero-order valence-electron chi connectivity index (χ0n) is 13.5. The second-order valence-corrected chi connectivity index (χ2v) is 5.69. The molecule has 0 radical (unpaired) electrons. The highest BCUT2D eigenvalue weighted by Gasteiger charge is 2.12. The van der Waals surface area contributed by atoms with Crippen molar-refractivity contribution in [2.45, 2.75) is 26.2 Å². The zero-order chi connectivity index (χ0) is 16.9. The molecule has 1 N–H and O–H groups in total. The Morgan fingerprint density at radius 3 is 2.67 bits per heavy atom. The Labute approximate surface area is 140 Å². The molecule has 5 nitrogen and oxygen atoms in total. The van der Waals surface area contributed by atoms with Gasteiger partial charge in [0.1, 0.15) is 11.3 Å². The molecule has 3 aromatic rings. The van der Waals surface area contributed by atoms with Crippen molar-refractivity contribution in [3.63, 3.8) is 0 Å². The van der Waals surface area contributed by atoms with Gasteiger partial charge < -0.3 is 5.32 Å². The zero-order valence-corrected chi connectivity index (χ0v) is 13.5. The first kappa shape index (κ1) is 15.9. The van der Waals surface area contributed by atoms with E-state index in [4.69, 9.17) is 0 Å². The van der Waals surface area contributed by atoms with E-state index in [9.17, 15) is 9.59 Å². The highest BCUT2D eigenvalue weighted by atomic mass is 16.2. The molecule has 0 unspecified atom stereocenters. The first-order valence-electron chi connectivity index (χ1n) is 7.97. The molecule has 0 aliphatic heterocycles. The lowest BCUT2D eigenvalue weighted by atomic mass is 10.1. The number of anilines is 1. The van der Waals surface area contributed by atoms with Gasteiger partial charge in [0.05, 0.1) is 5.69 Å². The van der Waals surface area contributed by atoms with Crippen LogP contribution in [0.3, 0.4) is 0 Å². The monoisotopic (exact) mass is 321 g/mol. The van der Waals surface area contributed by atoms with Crippen LogP contribution in [0.5, 0.6) is 0 Å². The normalized spacial score (nSPS) is 10.7. The van der Waals surface area contributed by atoms with Crippen LogP contribution in [0.4, 0.5) is 5.69 Å². The minimum absolute atomic E-state index is 0.163. The number of amides is 1. The van der Waals surface area contributed by atoms with Crippen LogP contribution >= 0.6 is 0 Å². The molecule has 0 bridgehead atoms. The van der Waals surface area contributed by atoms with E-state index in [1.54, 1.807) is 25.3 Å². The minimum atomic E-state index is -0.255. The van der Waals surface area contributed by atoms with E-state index in [-0.39, 0.29) is 17.2 Å². The quantitative estimate of drug-likeness (QED) is 0.786. The molecule has 0 saturated carbocycles. The predicted octanol–water partition coefficient (Wildman–Crippen LogP) is 2.96. The van der Waals surface area contributed by atoms with E-state index >= 15 is 0 Å². The Balaban J connectivity index is 1.68. The molecule has 0 fully saturated rings. The number of pyridine rings is 1. The van der Waals surface area contributed by atoms with Crippen LogP contribution in [0, 0.1) is 6.92 Å². The lowest BCUT2D eigenvalue weighted by molar-refractivity contribution is -0.116. The molecule has 122 valence electrons. The highest BCUT2D eigenvalue weighted by Crippen LogP contribution is 2.10. The number of carbonyl (C=O) groups is 1. The third kappa shape index (κ3) is 3.51. The fourth-order valence-corrected chi connectivity index (χ4v) is 2.64. The van der Waals surface area contributed by atoms with E-state index in [0.717, 1.165) is 12.8 Å². The average Bonchev–Trinajstić information content (AvgIpc) is 2.59. The van der Waals surface area contributed by atoms with Gasteiger partial charge in [0.15, 0.2) is 0 Å². The fraction of sp³-hybridized carbons (Fsp3) is 0.211. The van der Waals surface area contributed by atoms with E-state index in [0.29, 0.717) is 17.8 Å². The van der Waals surface area contributed by atoms with Crippen molar-refractivity contribution >= 4 is 17.2 Å². The highest BCUT2D eigenvalue weighted by molar-refractivity contribution is 5.91. The number of fused-ring (bicyclic) bond motifs is 1. The van der Waals surface area contributed by atoms with Crippen molar-refractivity contribution in [3.8, 4) is 0 Å². The molecule has 0 atom stereocenters. The Morgan fingerprint density at radius 1 is 1.12 bits per heavy atom. The van der Waals surface area contributed by atoms with Crippen molar-refractivity contribution in [3.05, 3.63) is 76.3 Å². The standard InChI is InChI=1S/C19H19N3O2/c1-14-18(19(24)22-13-6-5-11-16(22)20-14)21-17(23)12-7-10-15-8-3-2-4-9-15/h2-6,8-9,11,13H,7,10,12H2,1H3,(H,21,23). The molecule has 2 aromatic heterocycles. The Morgan fingerprint density at radius 2 is 1.88 bits per heavy atom. The van der Waals surface area contributed by atoms with Crippen molar-refractivity contribution in [2.24, 2.45) is 0 Å². The second-order valence-electron chi connectivity index (χ2n) is 5.69. The summed E-state index contributed by atoms with van der Waals surface area (Å²) < 4.78 is 1.44. The van der Waals surface area contributed by atoms with Gasteiger partial charge in [-0.3, -0.25) is 14.0 Å². The van der Waals surface area contributed by atoms with Gasteiger partial charge in [-0.1, -0.05) is 36.4 Å². The van der Waals surface area contributed by atoms with Gasteiger partial charge in [-0.05, 0) is 37.5 Å². The molecule has 2 heterocycles. The molecule has 1 amide bonds. The van der Waals surface area contributed by atoms with Crippen molar-refractivity contribution in [1.82, 2.24) is 9.38 Å². The second kappa shape index (κ2) is 7.08. The van der Waals surface area contributed by atoms with Crippen LogP contribution in [0.25, 0.3) is 5.65 Å². The lowest BCUT2D eigenvalue weighted by Gasteiger charge is -2.09. The summed E-state index contributed by atoms with van der Waals surface area (Å²) in [6.45, 7) is 1.73. The van der Waals surface area contributed by atoms with Gasteiger partial charge >= 0.3 is 0 Å². The van der Waals surface area contributed by atoms with Crippen molar-refractivity contribution in [1.29, 1.82) is 0 Å². The number of rotatable bonds is 5. The van der Waals surface area contributed by atoms with Crippen LogP contribution in [0.1, 0.15) is 24.1 Å². The molecule has 3 rings (SSSR count). The summed E-state index contributed by atoms with van der Waals surface area (Å²) in [5.74, 6) is -0.163. The van der Waals surface area contributed by atoms with Crippen LogP contribution in [-0.2, 0) is 11.2 Å². The molecule has 24 heavy (non-hydrogen) atoms. The topological polar surface area (TPSA) is 63.5 Å². The maximum Gasteiger partial charge on any atom is 0.281 e. The maximum atomic E-state index is 12.5. The summed E-state index contributed by atoms with van der Waals surface area (Å²) in [4.78, 5) is 29.0. The van der Waals surface area contributed by atoms with Gasteiger partial charge in [-0.2, -0.15) is 0 Å². The van der Waals surface area contributed by atoms with E-state index in [1.165, 1.54) is 9.96 Å². The largest absolute Gasteiger partial charge is 0.320 e. The molecule has 1 aromatic carbocycles. The van der Waals surface area contributed by atoms with Crippen LogP contribution < -0.4 is 10.9 Å². The number of nitrogens with zero attached hydrogens (tertiary/aromatic N) is 2. The van der Waals surface area contributed by atoms with Gasteiger partial charge in [-0.15, -0.1) is 0 Å². The van der Waals surface area contributed by atoms with Gasteiger partial charge in [0.2, 0.25) is 5.91 Å². The molecular formula is C19H19N3O2. The summed E-state index contributed by atoms with van der Waals surface area (Å²) in [5, 5.41) is 2.72. The molecule has 0 spiro atoms. The van der Waals surface area contributed by atoms with Crippen LogP contribution in [-0.4, -0.2) is 15.3 Å². The minimum Gasteiger partial charge on any atom is -0.320 e. The maximum absolute atomic E-state index is 12.5. The molecule has 5 heteroatoms. The van der Waals surface area contributed by atoms with E-state index in [1.807, 2.05) is 36.4 Å². The van der Waals surface area contributed by atoms with Crippen LogP contribution in [0.2, 0.25) is 0 Å². The lowest BCUT2D eigenvalue weighted by Crippen LogP contribution is -2.24. The summed E-state index contributed by atoms with van der Waals surface area (Å²) in [6, 6.07) is 15.4. The number of aryl methyl sites for hydroxylation is 2. The number of carbonyl (C=O) groups excluding carboxylic acids is 1. The van der Waals surface area contributed by atoms with Crippen molar-refractivity contribution in [2.75, 3.05) is 5.32 Å². The van der Waals surface area contributed by atoms with Crippen molar-refractivity contribution < 1.29 is 4.79 Å². The van der Waals surface area contributed by atoms with E-state index < -0.39 is 0 Å². The molecule has 0 aliphatic carbocycles. The van der Waals surface area contributed by atoms with Crippen LogP contribution in [0.15, 0.2) is 59.5 Å². The van der Waals surface area contributed by atoms with E-state index in [2.05, 4.69) is 10.3 Å². The predicted molar refractivity (Wildman–Crippen MR) is 94.2 cm³/mol. The number of hydrogen-bond donors (Lipinski definition) is 1.